The molecule has 0 atom stereocenters. The van der Waals surface area contributed by atoms with Gasteiger partial charge < -0.3 is 10.6 Å². The molecule has 1 heterocycles. The minimum atomic E-state index is -0.108. The summed E-state index contributed by atoms with van der Waals surface area (Å²) in [5, 5.41) is 6.23. The second kappa shape index (κ2) is 7.07. The number of aromatic nitrogens is 1. The van der Waals surface area contributed by atoms with Gasteiger partial charge in [0.05, 0.1) is 17.4 Å². The molecule has 1 aromatic heterocycles. The zero-order valence-electron chi connectivity index (χ0n) is 13.6. The van der Waals surface area contributed by atoms with Crippen molar-refractivity contribution in [2.75, 3.05) is 5.32 Å². The van der Waals surface area contributed by atoms with Crippen LogP contribution in [-0.4, -0.2) is 16.9 Å². The van der Waals surface area contributed by atoms with E-state index in [9.17, 15) is 4.79 Å². The number of pyridine rings is 1. The van der Waals surface area contributed by atoms with Crippen molar-refractivity contribution in [3.05, 3.63) is 53.9 Å². The fourth-order valence-corrected chi connectivity index (χ4v) is 2.25. The van der Waals surface area contributed by atoms with Crippen molar-refractivity contribution in [2.24, 2.45) is 0 Å². The summed E-state index contributed by atoms with van der Waals surface area (Å²) >= 11 is 0. The van der Waals surface area contributed by atoms with Crippen LogP contribution < -0.4 is 10.6 Å². The van der Waals surface area contributed by atoms with Crippen LogP contribution >= 0.6 is 0 Å². The highest BCUT2D eigenvalue weighted by molar-refractivity contribution is 5.95. The lowest BCUT2D eigenvalue weighted by molar-refractivity contribution is 0.0943. The molecule has 0 bridgehead atoms. The third kappa shape index (κ3) is 4.07. The Morgan fingerprint density at radius 2 is 1.82 bits per heavy atom. The van der Waals surface area contributed by atoms with Crippen molar-refractivity contribution < 1.29 is 4.79 Å². The lowest BCUT2D eigenvalue weighted by Gasteiger charge is -2.15. The van der Waals surface area contributed by atoms with Crippen molar-refractivity contribution in [2.45, 2.75) is 39.7 Å². The molecule has 1 aromatic carbocycles. The van der Waals surface area contributed by atoms with Crippen molar-refractivity contribution in [1.29, 1.82) is 0 Å². The number of anilines is 2. The molecule has 4 nitrogen and oxygen atoms in total. The minimum Gasteiger partial charge on any atom is -0.354 e. The van der Waals surface area contributed by atoms with Crippen LogP contribution in [0.2, 0.25) is 0 Å². The van der Waals surface area contributed by atoms with E-state index in [0.29, 0.717) is 11.5 Å². The molecule has 0 radical (unpaired) electrons. The van der Waals surface area contributed by atoms with Gasteiger partial charge in [0.25, 0.3) is 5.91 Å². The number of hydrogen-bond donors (Lipinski definition) is 2. The molecule has 0 fully saturated rings. The van der Waals surface area contributed by atoms with E-state index in [1.54, 1.807) is 12.4 Å². The monoisotopic (exact) mass is 297 g/mol. The number of nitrogens with zero attached hydrogens (tertiary/aromatic N) is 1. The van der Waals surface area contributed by atoms with Gasteiger partial charge in [-0.25, -0.2) is 0 Å². The summed E-state index contributed by atoms with van der Waals surface area (Å²) in [6, 6.07) is 10.1. The minimum absolute atomic E-state index is 0.103. The largest absolute Gasteiger partial charge is 0.354 e. The highest BCUT2D eigenvalue weighted by atomic mass is 16.1. The normalized spacial score (nSPS) is 10.8. The van der Waals surface area contributed by atoms with E-state index < -0.39 is 0 Å². The van der Waals surface area contributed by atoms with Gasteiger partial charge in [-0.15, -0.1) is 0 Å². The summed E-state index contributed by atoms with van der Waals surface area (Å²) in [5.41, 5.74) is 3.64. The molecule has 2 aromatic rings. The lowest BCUT2D eigenvalue weighted by Crippen LogP contribution is -2.30. The fraction of sp³-hybridized carbons (Fsp3) is 0.333. The molecule has 1 amide bonds. The molecular formula is C18H23N3O. The molecule has 0 aliphatic heterocycles. The quantitative estimate of drug-likeness (QED) is 0.874. The Kier molecular flexibility index (Phi) is 5.15. The van der Waals surface area contributed by atoms with E-state index in [1.807, 2.05) is 38.1 Å². The molecular weight excluding hydrogens is 274 g/mol. The summed E-state index contributed by atoms with van der Waals surface area (Å²) in [5.74, 6) is 0.312. The van der Waals surface area contributed by atoms with Gasteiger partial charge in [0.2, 0.25) is 0 Å². The Balaban J connectivity index is 2.23. The highest BCUT2D eigenvalue weighted by Crippen LogP contribution is 2.26. The molecule has 0 saturated carbocycles. The van der Waals surface area contributed by atoms with Crippen molar-refractivity contribution in [1.82, 2.24) is 10.3 Å². The Hall–Kier alpha value is -2.36. The van der Waals surface area contributed by atoms with Crippen LogP contribution in [0.15, 0.2) is 42.7 Å². The van der Waals surface area contributed by atoms with Gasteiger partial charge >= 0.3 is 0 Å². The van der Waals surface area contributed by atoms with E-state index in [1.165, 1.54) is 5.56 Å². The van der Waals surface area contributed by atoms with Gasteiger partial charge in [0.15, 0.2) is 0 Å². The average Bonchev–Trinajstić information content (AvgIpc) is 2.47. The first-order chi connectivity index (χ1) is 10.5. The summed E-state index contributed by atoms with van der Waals surface area (Å²) in [4.78, 5) is 16.2. The smallest absolute Gasteiger partial charge is 0.253 e. The lowest BCUT2D eigenvalue weighted by atomic mass is 10.0. The number of nitrogens with one attached hydrogen (secondary N) is 2. The van der Waals surface area contributed by atoms with Crippen LogP contribution in [0.4, 0.5) is 11.4 Å². The summed E-state index contributed by atoms with van der Waals surface area (Å²) in [7, 11) is 0. The molecule has 22 heavy (non-hydrogen) atoms. The summed E-state index contributed by atoms with van der Waals surface area (Å²) in [6.45, 7) is 8.19. The third-order valence-electron chi connectivity index (χ3n) is 3.28. The van der Waals surface area contributed by atoms with Gasteiger partial charge in [0, 0.05) is 17.9 Å². The average molecular weight is 297 g/mol. The van der Waals surface area contributed by atoms with Crippen LogP contribution in [0.1, 0.15) is 49.5 Å². The predicted octanol–water partition coefficient (Wildman–Crippen LogP) is 4.09. The topological polar surface area (TPSA) is 54.0 Å². The van der Waals surface area contributed by atoms with Gasteiger partial charge in [-0.3, -0.25) is 9.78 Å². The summed E-state index contributed by atoms with van der Waals surface area (Å²) < 4.78 is 0. The van der Waals surface area contributed by atoms with Gasteiger partial charge in [-0.05, 0) is 37.5 Å². The number of para-hydroxylation sites is 1. The maximum Gasteiger partial charge on any atom is 0.253 e. The number of hydrogen-bond acceptors (Lipinski definition) is 3. The maximum atomic E-state index is 12.1. The number of rotatable bonds is 5. The predicted molar refractivity (Wildman–Crippen MR) is 90.7 cm³/mol. The zero-order valence-corrected chi connectivity index (χ0v) is 13.6. The molecule has 0 aliphatic rings. The molecule has 4 heteroatoms. The molecule has 2 rings (SSSR count). The number of carbonyl (C=O) groups is 1. The van der Waals surface area contributed by atoms with E-state index in [-0.39, 0.29) is 11.9 Å². The fourth-order valence-electron chi connectivity index (χ4n) is 2.25. The number of carbonyl (C=O) groups excluding carboxylic acids is 1. The van der Waals surface area contributed by atoms with Crippen LogP contribution in [0.5, 0.6) is 0 Å². The molecule has 0 aliphatic carbocycles. The number of benzene rings is 1. The second-order valence-electron chi connectivity index (χ2n) is 5.96. The first-order valence-corrected chi connectivity index (χ1v) is 7.59. The van der Waals surface area contributed by atoms with Crippen LogP contribution in [0.25, 0.3) is 0 Å². The van der Waals surface area contributed by atoms with Gasteiger partial charge in [-0.1, -0.05) is 32.0 Å². The van der Waals surface area contributed by atoms with Gasteiger partial charge in [0.1, 0.15) is 0 Å². The van der Waals surface area contributed by atoms with Crippen LogP contribution in [0.3, 0.4) is 0 Å². The van der Waals surface area contributed by atoms with Crippen molar-refractivity contribution in [3.8, 4) is 0 Å². The van der Waals surface area contributed by atoms with E-state index in [0.717, 1.165) is 11.4 Å². The Morgan fingerprint density at radius 1 is 1.09 bits per heavy atom. The molecule has 2 N–H and O–H groups in total. The molecule has 0 unspecified atom stereocenters. The Bertz CT molecular complexity index is 650. The zero-order chi connectivity index (χ0) is 16.1. The summed E-state index contributed by atoms with van der Waals surface area (Å²) in [6.07, 6.45) is 3.31. The Labute approximate surface area is 132 Å². The van der Waals surface area contributed by atoms with Crippen molar-refractivity contribution in [3.63, 3.8) is 0 Å². The Morgan fingerprint density at radius 3 is 2.50 bits per heavy atom. The first kappa shape index (κ1) is 16.0. The van der Waals surface area contributed by atoms with Crippen molar-refractivity contribution >= 4 is 17.3 Å². The molecule has 0 spiro atoms. The molecule has 116 valence electrons. The number of amides is 1. The third-order valence-corrected chi connectivity index (χ3v) is 3.28. The van der Waals surface area contributed by atoms with Crippen LogP contribution in [0, 0.1) is 0 Å². The van der Waals surface area contributed by atoms with Gasteiger partial charge in [-0.2, -0.15) is 0 Å². The van der Waals surface area contributed by atoms with E-state index in [4.69, 9.17) is 0 Å². The SMILES string of the molecule is CC(C)NC(=O)c1cncc(Nc2ccccc2C(C)C)c1. The van der Waals surface area contributed by atoms with E-state index >= 15 is 0 Å². The maximum absolute atomic E-state index is 12.1. The first-order valence-electron chi connectivity index (χ1n) is 7.59. The second-order valence-corrected chi connectivity index (χ2v) is 5.96. The molecule has 0 saturated heterocycles. The highest BCUT2D eigenvalue weighted by Gasteiger charge is 2.10. The van der Waals surface area contributed by atoms with E-state index in [2.05, 4.69) is 35.5 Å². The standard InChI is InChI=1S/C18H23N3O/c1-12(2)16-7-5-6-8-17(16)21-15-9-14(10-19-11-15)18(22)20-13(3)4/h5-13,21H,1-4H3,(H,20,22). The van der Waals surface area contributed by atoms with Crippen LogP contribution in [-0.2, 0) is 0 Å².